The fourth-order valence-electron chi connectivity index (χ4n) is 1.73. The molecular formula is C11H15N3O. The van der Waals surface area contributed by atoms with Gasteiger partial charge in [-0.25, -0.2) is 4.98 Å². The molecule has 2 N–H and O–H groups in total. The largest absolute Gasteiger partial charge is 0.396 e. The predicted octanol–water partition coefficient (Wildman–Crippen LogP) is 1.46. The predicted molar refractivity (Wildman–Crippen MR) is 61.0 cm³/mol. The minimum absolute atomic E-state index is 0.214. The van der Waals surface area contributed by atoms with Crippen molar-refractivity contribution in [3.63, 3.8) is 0 Å². The van der Waals surface area contributed by atoms with Crippen molar-refractivity contribution in [1.82, 2.24) is 9.55 Å². The highest BCUT2D eigenvalue weighted by atomic mass is 16.3. The summed E-state index contributed by atoms with van der Waals surface area (Å²) in [7, 11) is 1.90. The van der Waals surface area contributed by atoms with Crippen LogP contribution in [-0.4, -0.2) is 28.3 Å². The zero-order valence-corrected chi connectivity index (χ0v) is 8.77. The van der Waals surface area contributed by atoms with Gasteiger partial charge in [-0.15, -0.1) is 0 Å². The average Bonchev–Trinajstić information content (AvgIpc) is 2.69. The molecule has 2 heterocycles. The van der Waals surface area contributed by atoms with Crippen LogP contribution < -0.4 is 5.32 Å². The molecule has 0 fully saturated rings. The number of aliphatic hydroxyl groups excluding tert-OH is 1. The highest BCUT2D eigenvalue weighted by Gasteiger charge is 2.04. The van der Waals surface area contributed by atoms with Gasteiger partial charge in [-0.2, -0.15) is 0 Å². The van der Waals surface area contributed by atoms with Crippen LogP contribution in [0.5, 0.6) is 0 Å². The highest BCUT2D eigenvalue weighted by Crippen LogP contribution is 2.21. The summed E-state index contributed by atoms with van der Waals surface area (Å²) < 4.78 is 2.06. The van der Waals surface area contributed by atoms with E-state index in [1.54, 1.807) is 6.20 Å². The molecule has 0 radical (unpaired) electrons. The number of aryl methyl sites for hydroxylation is 1. The maximum atomic E-state index is 8.79. The molecule has 0 bridgehead atoms. The van der Waals surface area contributed by atoms with Crippen LogP contribution in [0.2, 0.25) is 0 Å². The molecule has 4 nitrogen and oxygen atoms in total. The Kier molecular flexibility index (Phi) is 2.87. The molecule has 0 unspecified atom stereocenters. The molecule has 80 valence electrons. The van der Waals surface area contributed by atoms with E-state index in [9.17, 15) is 0 Å². The highest BCUT2D eigenvalue weighted by molar-refractivity contribution is 5.89. The van der Waals surface area contributed by atoms with E-state index in [-0.39, 0.29) is 6.61 Å². The number of nitrogens with zero attached hydrogens (tertiary/aromatic N) is 2. The second-order valence-electron chi connectivity index (χ2n) is 3.43. The fraction of sp³-hybridized carbons (Fsp3) is 0.364. The van der Waals surface area contributed by atoms with E-state index in [4.69, 9.17) is 5.11 Å². The first kappa shape index (κ1) is 9.98. The third kappa shape index (κ3) is 1.80. The van der Waals surface area contributed by atoms with Gasteiger partial charge in [0.1, 0.15) is 5.65 Å². The summed E-state index contributed by atoms with van der Waals surface area (Å²) in [6, 6.07) is 4.00. The molecule has 2 aromatic heterocycles. The minimum Gasteiger partial charge on any atom is -0.396 e. The number of anilines is 1. The summed E-state index contributed by atoms with van der Waals surface area (Å²) in [4.78, 5) is 4.34. The lowest BCUT2D eigenvalue weighted by Gasteiger charge is -2.04. The molecule has 15 heavy (non-hydrogen) atoms. The van der Waals surface area contributed by atoms with Gasteiger partial charge < -0.3 is 15.0 Å². The molecule has 2 rings (SSSR count). The van der Waals surface area contributed by atoms with Crippen molar-refractivity contribution in [3.8, 4) is 0 Å². The molecule has 0 aromatic carbocycles. The van der Waals surface area contributed by atoms with Gasteiger partial charge in [0.15, 0.2) is 0 Å². The number of fused-ring (bicyclic) bond motifs is 1. The third-order valence-electron chi connectivity index (χ3n) is 2.49. The van der Waals surface area contributed by atoms with Gasteiger partial charge in [-0.3, -0.25) is 0 Å². The summed E-state index contributed by atoms with van der Waals surface area (Å²) in [5.41, 5.74) is 2.05. The maximum absolute atomic E-state index is 8.79. The Morgan fingerprint density at radius 1 is 1.47 bits per heavy atom. The van der Waals surface area contributed by atoms with Crippen LogP contribution in [0.3, 0.4) is 0 Å². The minimum atomic E-state index is 0.214. The van der Waals surface area contributed by atoms with Crippen LogP contribution in [0, 0.1) is 0 Å². The molecule has 0 saturated heterocycles. The van der Waals surface area contributed by atoms with E-state index in [0.29, 0.717) is 0 Å². The first-order chi connectivity index (χ1) is 7.36. The number of aliphatic hydroxyl groups is 1. The number of rotatable bonds is 4. The van der Waals surface area contributed by atoms with Crippen LogP contribution in [-0.2, 0) is 6.54 Å². The van der Waals surface area contributed by atoms with E-state index >= 15 is 0 Å². The van der Waals surface area contributed by atoms with Crippen LogP contribution >= 0.6 is 0 Å². The van der Waals surface area contributed by atoms with Gasteiger partial charge in [0.2, 0.25) is 0 Å². The summed E-state index contributed by atoms with van der Waals surface area (Å²) >= 11 is 0. The van der Waals surface area contributed by atoms with Crippen molar-refractivity contribution in [1.29, 1.82) is 0 Å². The molecule has 0 saturated carbocycles. The third-order valence-corrected chi connectivity index (χ3v) is 2.49. The zero-order chi connectivity index (χ0) is 10.7. The molecule has 0 aliphatic carbocycles. The number of aromatic nitrogens is 2. The Balaban J connectivity index is 2.42. The number of hydrogen-bond acceptors (Lipinski definition) is 3. The van der Waals surface area contributed by atoms with Crippen molar-refractivity contribution in [2.75, 3.05) is 19.0 Å². The molecule has 2 aromatic rings. The lowest BCUT2D eigenvalue weighted by molar-refractivity contribution is 0.280. The van der Waals surface area contributed by atoms with Crippen LogP contribution in [0.4, 0.5) is 5.69 Å². The van der Waals surface area contributed by atoms with Crippen molar-refractivity contribution in [3.05, 3.63) is 24.5 Å². The molecule has 0 atom stereocenters. The number of hydrogen-bond donors (Lipinski definition) is 2. The SMILES string of the molecule is CNc1ccnc2c1ccn2CCCO. The Hall–Kier alpha value is -1.55. The average molecular weight is 205 g/mol. The molecule has 4 heteroatoms. The Bertz CT molecular complexity index is 450. The monoisotopic (exact) mass is 205 g/mol. The number of nitrogens with one attached hydrogen (secondary N) is 1. The van der Waals surface area contributed by atoms with Crippen LogP contribution in [0.1, 0.15) is 6.42 Å². The first-order valence-electron chi connectivity index (χ1n) is 5.09. The normalized spacial score (nSPS) is 10.8. The second-order valence-corrected chi connectivity index (χ2v) is 3.43. The summed E-state index contributed by atoms with van der Waals surface area (Å²) in [6.45, 7) is 1.02. The molecule has 0 aliphatic rings. The first-order valence-corrected chi connectivity index (χ1v) is 5.09. The van der Waals surface area contributed by atoms with E-state index in [1.165, 1.54) is 0 Å². The van der Waals surface area contributed by atoms with E-state index in [1.807, 2.05) is 25.4 Å². The summed E-state index contributed by atoms with van der Waals surface area (Å²) in [5.74, 6) is 0. The van der Waals surface area contributed by atoms with Crippen molar-refractivity contribution >= 4 is 16.7 Å². The maximum Gasteiger partial charge on any atom is 0.141 e. The fourth-order valence-corrected chi connectivity index (χ4v) is 1.73. The smallest absolute Gasteiger partial charge is 0.141 e. The molecular weight excluding hydrogens is 190 g/mol. The Labute approximate surface area is 88.6 Å². The summed E-state index contributed by atoms with van der Waals surface area (Å²) in [5, 5.41) is 13.1. The van der Waals surface area contributed by atoms with Crippen molar-refractivity contribution in [2.24, 2.45) is 0 Å². The number of pyridine rings is 1. The van der Waals surface area contributed by atoms with Gasteiger partial charge in [-0.05, 0) is 18.6 Å². The second kappa shape index (κ2) is 4.31. The quantitative estimate of drug-likeness (QED) is 0.794. The van der Waals surface area contributed by atoms with E-state index < -0.39 is 0 Å². The van der Waals surface area contributed by atoms with Crippen molar-refractivity contribution < 1.29 is 5.11 Å². The lowest BCUT2D eigenvalue weighted by atomic mass is 10.3. The molecule has 0 amide bonds. The van der Waals surface area contributed by atoms with Gasteiger partial charge in [0.25, 0.3) is 0 Å². The lowest BCUT2D eigenvalue weighted by Crippen LogP contribution is -2.00. The van der Waals surface area contributed by atoms with Gasteiger partial charge in [0, 0.05) is 43.7 Å². The van der Waals surface area contributed by atoms with Crippen molar-refractivity contribution in [2.45, 2.75) is 13.0 Å². The van der Waals surface area contributed by atoms with E-state index in [0.717, 1.165) is 29.7 Å². The Morgan fingerprint density at radius 2 is 2.33 bits per heavy atom. The van der Waals surface area contributed by atoms with E-state index in [2.05, 4.69) is 14.9 Å². The molecule has 0 spiro atoms. The van der Waals surface area contributed by atoms with Crippen LogP contribution in [0.25, 0.3) is 11.0 Å². The van der Waals surface area contributed by atoms with Gasteiger partial charge >= 0.3 is 0 Å². The standard InChI is InChI=1S/C11H15N3O/c1-12-10-3-5-13-11-9(10)4-7-14(11)6-2-8-15/h3-5,7,15H,2,6,8H2,1H3,(H,12,13). The Morgan fingerprint density at radius 3 is 3.07 bits per heavy atom. The molecule has 0 aliphatic heterocycles. The van der Waals surface area contributed by atoms with Crippen LogP contribution in [0.15, 0.2) is 24.5 Å². The summed E-state index contributed by atoms with van der Waals surface area (Å²) in [6.07, 6.45) is 4.56. The topological polar surface area (TPSA) is 50.1 Å². The van der Waals surface area contributed by atoms with Gasteiger partial charge in [-0.1, -0.05) is 0 Å². The van der Waals surface area contributed by atoms with Gasteiger partial charge in [0.05, 0.1) is 0 Å². The zero-order valence-electron chi connectivity index (χ0n) is 8.77.